The maximum Gasteiger partial charge on any atom is 0.411 e. The van der Waals surface area contributed by atoms with E-state index in [4.69, 9.17) is 14.9 Å². The van der Waals surface area contributed by atoms with Gasteiger partial charge in [-0.3, -0.25) is 9.59 Å². The van der Waals surface area contributed by atoms with Gasteiger partial charge in [-0.15, -0.1) is 0 Å². The highest BCUT2D eigenvalue weighted by Crippen LogP contribution is 2.23. The van der Waals surface area contributed by atoms with Gasteiger partial charge in [0.05, 0.1) is 24.5 Å². The first-order valence-electron chi connectivity index (χ1n) is 11.5. The van der Waals surface area contributed by atoms with Crippen molar-refractivity contribution in [3.05, 3.63) is 89.7 Å². The van der Waals surface area contributed by atoms with E-state index in [9.17, 15) is 22.8 Å². The summed E-state index contributed by atoms with van der Waals surface area (Å²) in [6.45, 7) is -1.21. The van der Waals surface area contributed by atoms with Gasteiger partial charge in [-0.1, -0.05) is 18.2 Å². The van der Waals surface area contributed by atoms with Gasteiger partial charge in [-0.05, 0) is 60.2 Å². The third-order valence-electron chi connectivity index (χ3n) is 5.32. The van der Waals surface area contributed by atoms with Crippen LogP contribution in [0.2, 0.25) is 0 Å². The van der Waals surface area contributed by atoms with Gasteiger partial charge in [0, 0.05) is 10.9 Å². The number of hydrogen-bond donors (Lipinski definition) is 3. The number of halogens is 3. The molecule has 198 valence electrons. The third kappa shape index (κ3) is 7.26. The first kappa shape index (κ1) is 26.6. The lowest BCUT2D eigenvalue weighted by atomic mass is 10.1. The largest absolute Gasteiger partial charge is 0.492 e. The molecule has 2 amide bonds. The molecule has 0 fully saturated rings. The number of benzene rings is 3. The molecule has 0 spiro atoms. The monoisotopic (exact) mass is 527 g/mol. The molecule has 1 heterocycles. The molecule has 0 aliphatic rings. The summed E-state index contributed by atoms with van der Waals surface area (Å²) >= 11 is 0. The van der Waals surface area contributed by atoms with E-state index in [1.54, 1.807) is 66.7 Å². The van der Waals surface area contributed by atoms with Gasteiger partial charge in [-0.25, -0.2) is 0 Å². The Balaban J connectivity index is 1.23. The maximum absolute atomic E-state index is 12.4. The molecule has 0 bridgehead atoms. The number of alkyl halides is 3. The molecule has 1 aromatic heterocycles. The number of rotatable bonds is 10. The van der Waals surface area contributed by atoms with Crippen LogP contribution in [-0.4, -0.2) is 37.7 Å². The van der Waals surface area contributed by atoms with E-state index < -0.39 is 18.7 Å². The highest BCUT2D eigenvalue weighted by atomic mass is 19.4. The number of nitrogens with one attached hydrogen (secondary N) is 2. The van der Waals surface area contributed by atoms with Crippen LogP contribution < -0.4 is 21.1 Å². The fourth-order valence-corrected chi connectivity index (χ4v) is 3.51. The predicted octanol–water partition coefficient (Wildman–Crippen LogP) is 5.16. The summed E-state index contributed by atoms with van der Waals surface area (Å²) in [5.74, 6) is -0.206. The second-order valence-corrected chi connectivity index (χ2v) is 8.26. The molecule has 4 aromatic rings. The second-order valence-electron chi connectivity index (χ2n) is 8.26. The number of anilines is 2. The zero-order chi connectivity index (χ0) is 27.1. The Morgan fingerprint density at radius 3 is 2.45 bits per heavy atom. The normalized spacial score (nSPS) is 11.3. The zero-order valence-electron chi connectivity index (χ0n) is 20.0. The molecule has 0 saturated carbocycles. The minimum atomic E-state index is -4.40. The van der Waals surface area contributed by atoms with E-state index in [0.717, 1.165) is 0 Å². The third-order valence-corrected chi connectivity index (χ3v) is 5.32. The number of ether oxygens (including phenoxy) is 2. The van der Waals surface area contributed by atoms with Crippen LogP contribution in [0.3, 0.4) is 0 Å². The summed E-state index contributed by atoms with van der Waals surface area (Å²) in [4.78, 5) is 24.8. The standard InChI is InChI=1S/C27H24F3N3O5/c28-27(29,30)16-36-15-17-5-10-23-19(13-17)14-24(38-23)26(35)32-11-12-37-20-8-6-18(7-9-20)25(34)33-22-4-2-1-3-21(22)31/h1-10,13-14H,11-12,15-16,31H2,(H,32,35)(H,33,34). The minimum absolute atomic E-state index is 0.0581. The van der Waals surface area contributed by atoms with Gasteiger partial charge in [-0.2, -0.15) is 13.2 Å². The van der Waals surface area contributed by atoms with Crippen molar-refractivity contribution in [1.29, 1.82) is 0 Å². The molecule has 4 N–H and O–H groups in total. The van der Waals surface area contributed by atoms with Gasteiger partial charge in [0.25, 0.3) is 11.8 Å². The Morgan fingerprint density at radius 2 is 1.71 bits per heavy atom. The van der Waals surface area contributed by atoms with Crippen molar-refractivity contribution < 1.29 is 36.7 Å². The van der Waals surface area contributed by atoms with E-state index in [1.807, 2.05) is 0 Å². The fourth-order valence-electron chi connectivity index (χ4n) is 3.51. The van der Waals surface area contributed by atoms with Crippen molar-refractivity contribution in [2.75, 3.05) is 30.8 Å². The Morgan fingerprint density at radius 1 is 0.947 bits per heavy atom. The van der Waals surface area contributed by atoms with Gasteiger partial charge in [0.2, 0.25) is 0 Å². The van der Waals surface area contributed by atoms with Gasteiger partial charge in [0.1, 0.15) is 24.5 Å². The summed E-state index contributed by atoms with van der Waals surface area (Å²) < 4.78 is 52.5. The van der Waals surface area contributed by atoms with Crippen LogP contribution in [0.1, 0.15) is 26.5 Å². The molecule has 0 saturated heterocycles. The van der Waals surface area contributed by atoms with E-state index in [1.165, 1.54) is 6.07 Å². The Kier molecular flexibility index (Phi) is 8.17. The number of carbonyl (C=O) groups is 2. The van der Waals surface area contributed by atoms with Crippen LogP contribution in [0, 0.1) is 0 Å². The molecule has 11 heteroatoms. The van der Waals surface area contributed by atoms with Crippen molar-refractivity contribution in [3.8, 4) is 5.75 Å². The summed E-state index contributed by atoms with van der Waals surface area (Å²) in [6.07, 6.45) is -4.40. The SMILES string of the molecule is Nc1ccccc1NC(=O)c1ccc(OCCNC(=O)c2cc3cc(COCC(F)(F)F)ccc3o2)cc1. The first-order chi connectivity index (χ1) is 18.2. The molecule has 38 heavy (non-hydrogen) atoms. The fraction of sp³-hybridized carbons (Fsp3) is 0.185. The molecule has 0 unspecified atom stereocenters. The number of para-hydroxylation sites is 2. The number of nitrogens with two attached hydrogens (primary N) is 1. The molecule has 3 aromatic carbocycles. The zero-order valence-corrected chi connectivity index (χ0v) is 20.0. The van der Waals surface area contributed by atoms with E-state index in [-0.39, 0.29) is 31.4 Å². The quantitative estimate of drug-likeness (QED) is 0.194. The van der Waals surface area contributed by atoms with Crippen LogP contribution in [0.4, 0.5) is 24.5 Å². The van der Waals surface area contributed by atoms with Crippen LogP contribution in [0.5, 0.6) is 5.75 Å². The lowest BCUT2D eigenvalue weighted by molar-refractivity contribution is -0.176. The molecular formula is C27H24F3N3O5. The summed E-state index contributed by atoms with van der Waals surface area (Å²) in [5, 5.41) is 5.99. The number of fused-ring (bicyclic) bond motifs is 1. The predicted molar refractivity (Wildman–Crippen MR) is 135 cm³/mol. The summed E-state index contributed by atoms with van der Waals surface area (Å²) in [6, 6.07) is 19.7. The Labute approximate surface area is 215 Å². The Hall–Kier alpha value is -4.51. The number of amides is 2. The van der Waals surface area contributed by atoms with Gasteiger partial charge >= 0.3 is 6.18 Å². The average molecular weight is 527 g/mol. The lowest BCUT2D eigenvalue weighted by Gasteiger charge is -2.09. The van der Waals surface area contributed by atoms with Crippen LogP contribution >= 0.6 is 0 Å². The highest BCUT2D eigenvalue weighted by Gasteiger charge is 2.27. The number of nitrogen functional groups attached to an aromatic ring is 1. The van der Waals surface area contributed by atoms with E-state index >= 15 is 0 Å². The number of furan rings is 1. The smallest absolute Gasteiger partial charge is 0.411 e. The van der Waals surface area contributed by atoms with Crippen molar-refractivity contribution in [2.24, 2.45) is 0 Å². The Bertz CT molecular complexity index is 1420. The molecule has 0 atom stereocenters. The molecule has 0 radical (unpaired) electrons. The van der Waals surface area contributed by atoms with Crippen LogP contribution in [-0.2, 0) is 11.3 Å². The van der Waals surface area contributed by atoms with Gasteiger partial charge < -0.3 is 30.3 Å². The summed E-state index contributed by atoms with van der Waals surface area (Å²) in [5.41, 5.74) is 8.20. The van der Waals surface area contributed by atoms with Gasteiger partial charge in [0.15, 0.2) is 5.76 Å². The highest BCUT2D eigenvalue weighted by molar-refractivity contribution is 6.05. The number of hydrogen-bond acceptors (Lipinski definition) is 6. The lowest BCUT2D eigenvalue weighted by Crippen LogP contribution is -2.27. The topological polar surface area (TPSA) is 116 Å². The number of carbonyl (C=O) groups excluding carboxylic acids is 2. The van der Waals surface area contributed by atoms with Crippen molar-refractivity contribution in [3.63, 3.8) is 0 Å². The van der Waals surface area contributed by atoms with E-state index in [0.29, 0.717) is 39.2 Å². The van der Waals surface area contributed by atoms with Crippen molar-refractivity contribution in [1.82, 2.24) is 5.32 Å². The maximum atomic E-state index is 12.4. The summed E-state index contributed by atoms with van der Waals surface area (Å²) in [7, 11) is 0. The molecule has 0 aliphatic carbocycles. The molecular weight excluding hydrogens is 503 g/mol. The van der Waals surface area contributed by atoms with Crippen molar-refractivity contribution in [2.45, 2.75) is 12.8 Å². The average Bonchev–Trinajstić information content (AvgIpc) is 3.31. The molecule has 4 rings (SSSR count). The first-order valence-corrected chi connectivity index (χ1v) is 11.5. The molecule has 0 aliphatic heterocycles. The molecule has 8 nitrogen and oxygen atoms in total. The van der Waals surface area contributed by atoms with Crippen LogP contribution in [0.15, 0.2) is 77.2 Å². The van der Waals surface area contributed by atoms with Crippen molar-refractivity contribution >= 4 is 34.2 Å². The van der Waals surface area contributed by atoms with E-state index in [2.05, 4.69) is 15.4 Å². The minimum Gasteiger partial charge on any atom is -0.492 e. The van der Waals surface area contributed by atoms with Crippen LogP contribution in [0.25, 0.3) is 11.0 Å². The second kappa shape index (κ2) is 11.7.